The third-order valence-electron chi connectivity index (χ3n) is 0.803. The summed E-state index contributed by atoms with van der Waals surface area (Å²) in [5, 5.41) is 6.90. The maximum Gasteiger partial charge on any atom is 0.0409 e. The monoisotopic (exact) mass is 94.0 g/mol. The van der Waals surface area contributed by atoms with E-state index in [2.05, 4.69) is 10.2 Å². The zero-order valence-electron chi connectivity index (χ0n) is 3.23. The van der Waals surface area contributed by atoms with Crippen LogP contribution in [0.1, 0.15) is 0 Å². The first-order valence-electron chi connectivity index (χ1n) is 1.78. The zero-order valence-corrected chi connectivity index (χ0v) is 4.23. The molecule has 6 heavy (non-hydrogen) atoms. The maximum absolute atomic E-state index is 6.90. The average Bonchev–Trinajstić information content (AvgIpc) is 1.61. The summed E-state index contributed by atoms with van der Waals surface area (Å²) >= 11 is 0. The standard InChI is InChI=1S/C4H4NSi/c5-3-1-2-4(3)6/h1-2,4-5H. The van der Waals surface area contributed by atoms with Gasteiger partial charge in [-0.05, 0) is 6.08 Å². The molecule has 29 valence electrons. The molecule has 0 heterocycles. The summed E-state index contributed by atoms with van der Waals surface area (Å²) in [6.45, 7) is 0. The maximum atomic E-state index is 6.90. The Morgan fingerprint density at radius 2 is 2.33 bits per heavy atom. The number of nitrogens with one attached hydrogen (secondary N) is 1. The molecule has 0 bridgehead atoms. The largest absolute Gasteiger partial charge is 0.305 e. The molecular formula is C4H4NSi. The Morgan fingerprint density at radius 3 is 2.33 bits per heavy atom. The first-order valence-corrected chi connectivity index (χ1v) is 2.36. The lowest BCUT2D eigenvalue weighted by molar-refractivity contribution is 1.31. The third kappa shape index (κ3) is 0.336. The summed E-state index contributed by atoms with van der Waals surface area (Å²) in [5.74, 6) is 0. The molecule has 1 atom stereocenters. The van der Waals surface area contributed by atoms with Gasteiger partial charge in [-0.15, -0.1) is 0 Å². The second kappa shape index (κ2) is 1.05. The van der Waals surface area contributed by atoms with E-state index in [-0.39, 0.29) is 5.54 Å². The van der Waals surface area contributed by atoms with E-state index < -0.39 is 0 Å². The number of hydrogen-bond acceptors (Lipinski definition) is 1. The molecule has 1 aliphatic carbocycles. The second-order valence-electron chi connectivity index (χ2n) is 1.29. The summed E-state index contributed by atoms with van der Waals surface area (Å²) in [5.41, 5.74) is 0.914. The van der Waals surface area contributed by atoms with Crippen LogP contribution in [0.5, 0.6) is 0 Å². The van der Waals surface area contributed by atoms with Crippen LogP contribution in [-0.2, 0) is 0 Å². The van der Waals surface area contributed by atoms with Gasteiger partial charge in [-0.2, -0.15) is 0 Å². The molecule has 0 aromatic heterocycles. The quantitative estimate of drug-likeness (QED) is 0.423. The first kappa shape index (κ1) is 3.80. The highest BCUT2D eigenvalue weighted by Gasteiger charge is 2.08. The Morgan fingerprint density at radius 1 is 1.83 bits per heavy atom. The van der Waals surface area contributed by atoms with E-state index in [1.54, 1.807) is 6.08 Å². The van der Waals surface area contributed by atoms with Crippen molar-refractivity contribution in [2.45, 2.75) is 5.54 Å². The average molecular weight is 94.2 g/mol. The smallest absolute Gasteiger partial charge is 0.0409 e. The fraction of sp³-hybridized carbons (Fsp3) is 0.250. The van der Waals surface area contributed by atoms with Crippen molar-refractivity contribution in [1.82, 2.24) is 0 Å². The van der Waals surface area contributed by atoms with Crippen molar-refractivity contribution >= 4 is 16.0 Å². The molecule has 1 unspecified atom stereocenters. The van der Waals surface area contributed by atoms with Crippen molar-refractivity contribution < 1.29 is 0 Å². The lowest BCUT2D eigenvalue weighted by atomic mass is 10.1. The van der Waals surface area contributed by atoms with Gasteiger partial charge in [-0.3, -0.25) is 0 Å². The van der Waals surface area contributed by atoms with Crippen LogP contribution in [-0.4, -0.2) is 16.0 Å². The Kier molecular flexibility index (Phi) is 0.663. The van der Waals surface area contributed by atoms with Crippen molar-refractivity contribution in [2.24, 2.45) is 0 Å². The van der Waals surface area contributed by atoms with Crippen LogP contribution in [0.4, 0.5) is 0 Å². The molecule has 1 N–H and O–H groups in total. The van der Waals surface area contributed by atoms with Crippen LogP contribution in [0.3, 0.4) is 0 Å². The van der Waals surface area contributed by atoms with Gasteiger partial charge < -0.3 is 5.41 Å². The topological polar surface area (TPSA) is 23.9 Å². The van der Waals surface area contributed by atoms with Gasteiger partial charge in [-0.1, -0.05) is 6.08 Å². The van der Waals surface area contributed by atoms with Crippen LogP contribution < -0.4 is 0 Å². The van der Waals surface area contributed by atoms with Crippen LogP contribution in [0.2, 0.25) is 5.54 Å². The van der Waals surface area contributed by atoms with E-state index in [0.29, 0.717) is 5.71 Å². The summed E-state index contributed by atoms with van der Waals surface area (Å²) in [7, 11) is 3.26. The lowest BCUT2D eigenvalue weighted by Gasteiger charge is -2.10. The molecule has 0 aromatic carbocycles. The molecule has 0 saturated heterocycles. The number of allylic oxidation sites excluding steroid dienone is 2. The lowest BCUT2D eigenvalue weighted by Crippen LogP contribution is -2.09. The minimum atomic E-state index is 0.241. The Bertz CT molecular complexity index is 106. The van der Waals surface area contributed by atoms with Gasteiger partial charge in [0.15, 0.2) is 0 Å². The van der Waals surface area contributed by atoms with Crippen molar-refractivity contribution in [2.75, 3.05) is 0 Å². The molecule has 0 aliphatic heterocycles. The van der Waals surface area contributed by atoms with Crippen molar-refractivity contribution in [3.63, 3.8) is 0 Å². The zero-order chi connectivity index (χ0) is 4.57. The van der Waals surface area contributed by atoms with E-state index >= 15 is 0 Å². The van der Waals surface area contributed by atoms with E-state index in [9.17, 15) is 0 Å². The highest BCUT2D eigenvalue weighted by Crippen LogP contribution is 2.13. The fourth-order valence-corrected chi connectivity index (χ4v) is 0.481. The summed E-state index contributed by atoms with van der Waals surface area (Å²) in [4.78, 5) is 0. The second-order valence-corrected chi connectivity index (χ2v) is 1.91. The fourth-order valence-electron chi connectivity index (χ4n) is 0.289. The highest BCUT2D eigenvalue weighted by atomic mass is 28.1. The van der Waals surface area contributed by atoms with E-state index in [1.807, 2.05) is 6.08 Å². The molecule has 1 nitrogen and oxygen atoms in total. The molecule has 0 spiro atoms. The van der Waals surface area contributed by atoms with E-state index in [1.165, 1.54) is 0 Å². The van der Waals surface area contributed by atoms with Crippen LogP contribution in [0.15, 0.2) is 12.2 Å². The van der Waals surface area contributed by atoms with Crippen molar-refractivity contribution in [3.05, 3.63) is 12.2 Å². The minimum Gasteiger partial charge on any atom is -0.305 e. The summed E-state index contributed by atoms with van der Waals surface area (Å²) in [6.07, 6.45) is 3.71. The number of hydrogen-bond donors (Lipinski definition) is 1. The van der Waals surface area contributed by atoms with Gasteiger partial charge in [0.05, 0.1) is 0 Å². The molecule has 0 fully saturated rings. The van der Waals surface area contributed by atoms with Gasteiger partial charge >= 0.3 is 0 Å². The highest BCUT2D eigenvalue weighted by molar-refractivity contribution is 6.32. The predicted molar refractivity (Wildman–Crippen MR) is 26.4 cm³/mol. The van der Waals surface area contributed by atoms with Crippen LogP contribution in [0.25, 0.3) is 0 Å². The van der Waals surface area contributed by atoms with E-state index in [0.717, 1.165) is 0 Å². The van der Waals surface area contributed by atoms with Crippen LogP contribution in [0, 0.1) is 5.41 Å². The van der Waals surface area contributed by atoms with Gasteiger partial charge in [0.1, 0.15) is 0 Å². The molecule has 0 saturated carbocycles. The van der Waals surface area contributed by atoms with Gasteiger partial charge in [0.2, 0.25) is 0 Å². The minimum absolute atomic E-state index is 0.241. The normalized spacial score (nSPS) is 30.2. The molecular weight excluding hydrogens is 90.1 g/mol. The summed E-state index contributed by atoms with van der Waals surface area (Å²) in [6, 6.07) is 0. The Balaban J connectivity index is 2.67. The molecule has 0 amide bonds. The molecule has 2 heteroatoms. The van der Waals surface area contributed by atoms with Crippen molar-refractivity contribution in [1.29, 1.82) is 5.41 Å². The van der Waals surface area contributed by atoms with Gasteiger partial charge in [0, 0.05) is 21.5 Å². The molecule has 3 radical (unpaired) electrons. The predicted octanol–water partition coefficient (Wildman–Crippen LogP) is 0.533. The Labute approximate surface area is 40.0 Å². The first-order chi connectivity index (χ1) is 2.80. The molecule has 1 rings (SSSR count). The molecule has 0 aromatic rings. The van der Waals surface area contributed by atoms with Crippen molar-refractivity contribution in [3.8, 4) is 0 Å². The van der Waals surface area contributed by atoms with Gasteiger partial charge in [-0.25, -0.2) is 0 Å². The third-order valence-corrected chi connectivity index (χ3v) is 1.31. The SMILES string of the molecule is N=C1C=CC1[Si]. The summed E-state index contributed by atoms with van der Waals surface area (Å²) < 4.78 is 0. The number of rotatable bonds is 0. The Hall–Kier alpha value is -0.373. The van der Waals surface area contributed by atoms with Crippen LogP contribution >= 0.6 is 0 Å². The van der Waals surface area contributed by atoms with Gasteiger partial charge in [0.25, 0.3) is 0 Å². The molecule has 1 aliphatic rings. The van der Waals surface area contributed by atoms with E-state index in [4.69, 9.17) is 5.41 Å².